The van der Waals surface area contributed by atoms with Gasteiger partial charge in [0.1, 0.15) is 5.75 Å². The summed E-state index contributed by atoms with van der Waals surface area (Å²) in [5, 5.41) is 0. The molecule has 0 saturated heterocycles. The number of hydrogen-bond donors (Lipinski definition) is 0. The lowest BCUT2D eigenvalue weighted by molar-refractivity contribution is 0.411. The number of methoxy groups -OCH3 is 1. The molecule has 0 atom stereocenters. The van der Waals surface area contributed by atoms with Crippen LogP contribution in [-0.2, 0) is 6.54 Å². The Morgan fingerprint density at radius 2 is 2.25 bits per heavy atom. The van der Waals surface area contributed by atoms with E-state index in [1.165, 1.54) is 5.56 Å². The van der Waals surface area contributed by atoms with Crippen LogP contribution in [0.2, 0.25) is 0 Å². The lowest BCUT2D eigenvalue weighted by Crippen LogP contribution is -1.89. The van der Waals surface area contributed by atoms with Gasteiger partial charge in [0.25, 0.3) is 0 Å². The summed E-state index contributed by atoms with van der Waals surface area (Å²) in [6.45, 7) is 6.14. The Balaban J connectivity index is 2.93. The molecule has 0 heterocycles. The molecule has 0 aliphatic heterocycles. The van der Waals surface area contributed by atoms with Gasteiger partial charge in [-0.05, 0) is 30.8 Å². The smallest absolute Gasteiger partial charge is 0.121 e. The summed E-state index contributed by atoms with van der Waals surface area (Å²) >= 11 is 0. The highest BCUT2D eigenvalue weighted by molar-refractivity contribution is 5.36. The highest BCUT2D eigenvalue weighted by Crippen LogP contribution is 2.18. The maximum Gasteiger partial charge on any atom is 0.121 e. The molecule has 0 aliphatic carbocycles. The fourth-order valence-corrected chi connectivity index (χ4v) is 1.17. The lowest BCUT2D eigenvalue weighted by Gasteiger charge is -2.05. The molecule has 1 aromatic rings. The van der Waals surface area contributed by atoms with Gasteiger partial charge < -0.3 is 4.74 Å². The average Bonchev–Trinajstić information content (AvgIpc) is 2.05. The summed E-state index contributed by atoms with van der Waals surface area (Å²) < 4.78 is 5.13. The summed E-state index contributed by atoms with van der Waals surface area (Å²) in [7, 11) is 1.67. The van der Waals surface area contributed by atoms with Crippen LogP contribution in [0.4, 0.5) is 0 Å². The number of rotatable bonds is 3. The maximum absolute atomic E-state index is 5.13. The highest BCUT2D eigenvalue weighted by atomic mass is 16.5. The van der Waals surface area contributed by atoms with Crippen LogP contribution < -0.4 is 4.74 Å². The van der Waals surface area contributed by atoms with E-state index < -0.39 is 0 Å². The summed E-state index contributed by atoms with van der Waals surface area (Å²) in [6.07, 6.45) is 0. The van der Waals surface area contributed by atoms with Crippen LogP contribution in [0.5, 0.6) is 5.75 Å². The molecule has 1 rings (SSSR count). The van der Waals surface area contributed by atoms with Crippen LogP contribution in [0, 0.1) is 6.92 Å². The molecule has 0 amide bonds. The molecule has 12 heavy (non-hydrogen) atoms. The third-order valence-electron chi connectivity index (χ3n) is 1.75. The van der Waals surface area contributed by atoms with Gasteiger partial charge in [0.15, 0.2) is 0 Å². The van der Waals surface area contributed by atoms with Crippen molar-refractivity contribution < 1.29 is 4.74 Å². The van der Waals surface area contributed by atoms with Crippen LogP contribution in [0.3, 0.4) is 0 Å². The molecule has 0 aliphatic rings. The zero-order chi connectivity index (χ0) is 8.97. The van der Waals surface area contributed by atoms with Gasteiger partial charge in [-0.15, -0.1) is 0 Å². The van der Waals surface area contributed by atoms with Gasteiger partial charge in [0.05, 0.1) is 13.7 Å². The Morgan fingerprint density at radius 3 is 2.75 bits per heavy atom. The molecule has 0 fully saturated rings. The number of aliphatic imine (C=N–C) groups is 1. The average molecular weight is 163 g/mol. The predicted molar refractivity (Wildman–Crippen MR) is 51.0 cm³/mol. The highest BCUT2D eigenvalue weighted by Gasteiger charge is 1.97. The van der Waals surface area contributed by atoms with Gasteiger partial charge in [0.2, 0.25) is 0 Å². The first kappa shape index (κ1) is 8.78. The van der Waals surface area contributed by atoms with Crippen molar-refractivity contribution in [1.29, 1.82) is 0 Å². The minimum Gasteiger partial charge on any atom is -0.496 e. The second-order valence-corrected chi connectivity index (χ2v) is 2.69. The molecule has 0 saturated carbocycles. The first-order valence-corrected chi connectivity index (χ1v) is 3.84. The van der Waals surface area contributed by atoms with Gasteiger partial charge >= 0.3 is 0 Å². The normalized spacial score (nSPS) is 9.50. The van der Waals surface area contributed by atoms with Crippen molar-refractivity contribution in [2.45, 2.75) is 13.5 Å². The fourth-order valence-electron chi connectivity index (χ4n) is 1.17. The fraction of sp³-hybridized carbons (Fsp3) is 0.300. The van der Waals surface area contributed by atoms with E-state index in [-0.39, 0.29) is 0 Å². The first-order chi connectivity index (χ1) is 5.77. The molecule has 0 N–H and O–H groups in total. The third-order valence-corrected chi connectivity index (χ3v) is 1.75. The standard InChI is InChI=1S/C10H13NO/c1-8-6-9(7-11-2)4-5-10(8)12-3/h4-6H,2,7H2,1,3H3. The Bertz CT molecular complexity index is 281. The summed E-state index contributed by atoms with van der Waals surface area (Å²) in [4.78, 5) is 3.81. The number of ether oxygens (including phenoxy) is 1. The monoisotopic (exact) mass is 163 g/mol. The molecule has 0 bridgehead atoms. The zero-order valence-electron chi connectivity index (χ0n) is 7.50. The van der Waals surface area contributed by atoms with Crippen molar-refractivity contribution in [3.8, 4) is 5.75 Å². The summed E-state index contributed by atoms with van der Waals surface area (Å²) in [6, 6.07) is 6.02. The van der Waals surface area contributed by atoms with Crippen molar-refractivity contribution in [3.63, 3.8) is 0 Å². The van der Waals surface area contributed by atoms with Crippen molar-refractivity contribution in [3.05, 3.63) is 29.3 Å². The zero-order valence-corrected chi connectivity index (χ0v) is 7.50. The molecule has 0 unspecified atom stereocenters. The van der Waals surface area contributed by atoms with Gasteiger partial charge in [-0.25, -0.2) is 0 Å². The molecular weight excluding hydrogens is 150 g/mol. The summed E-state index contributed by atoms with van der Waals surface area (Å²) in [5.74, 6) is 0.919. The minimum atomic E-state index is 0.671. The van der Waals surface area contributed by atoms with Crippen molar-refractivity contribution in [2.24, 2.45) is 4.99 Å². The molecule has 0 aromatic heterocycles. The van der Waals surface area contributed by atoms with Crippen LogP contribution in [0.15, 0.2) is 23.2 Å². The number of nitrogens with zero attached hydrogens (tertiary/aromatic N) is 1. The molecule has 2 heteroatoms. The second-order valence-electron chi connectivity index (χ2n) is 2.69. The Morgan fingerprint density at radius 1 is 1.50 bits per heavy atom. The van der Waals surface area contributed by atoms with Gasteiger partial charge in [-0.1, -0.05) is 12.1 Å². The molecule has 64 valence electrons. The van der Waals surface area contributed by atoms with E-state index in [4.69, 9.17) is 4.74 Å². The van der Waals surface area contributed by atoms with Crippen LogP contribution in [-0.4, -0.2) is 13.8 Å². The van der Waals surface area contributed by atoms with E-state index in [0.29, 0.717) is 6.54 Å². The van der Waals surface area contributed by atoms with E-state index in [1.807, 2.05) is 19.1 Å². The third kappa shape index (κ3) is 1.84. The van der Waals surface area contributed by atoms with Gasteiger partial charge in [-0.3, -0.25) is 4.99 Å². The van der Waals surface area contributed by atoms with Crippen molar-refractivity contribution in [1.82, 2.24) is 0 Å². The van der Waals surface area contributed by atoms with Crippen molar-refractivity contribution >= 4 is 6.72 Å². The van der Waals surface area contributed by atoms with E-state index in [2.05, 4.69) is 17.8 Å². The topological polar surface area (TPSA) is 21.6 Å². The Labute approximate surface area is 72.9 Å². The van der Waals surface area contributed by atoms with Gasteiger partial charge in [-0.2, -0.15) is 0 Å². The minimum absolute atomic E-state index is 0.671. The molecule has 2 nitrogen and oxygen atoms in total. The SMILES string of the molecule is C=NCc1ccc(OC)c(C)c1. The molecule has 1 aromatic carbocycles. The molecule has 0 spiro atoms. The summed E-state index contributed by atoms with van der Waals surface area (Å²) in [5.41, 5.74) is 2.31. The van der Waals surface area contributed by atoms with Crippen LogP contribution in [0.1, 0.15) is 11.1 Å². The van der Waals surface area contributed by atoms with E-state index in [9.17, 15) is 0 Å². The largest absolute Gasteiger partial charge is 0.496 e. The van der Waals surface area contributed by atoms with Crippen molar-refractivity contribution in [2.75, 3.05) is 7.11 Å². The quantitative estimate of drug-likeness (QED) is 0.626. The van der Waals surface area contributed by atoms with E-state index >= 15 is 0 Å². The molecular formula is C10H13NO. The number of aryl methyl sites for hydroxylation is 1. The first-order valence-electron chi connectivity index (χ1n) is 3.84. The van der Waals surface area contributed by atoms with E-state index in [0.717, 1.165) is 11.3 Å². The lowest BCUT2D eigenvalue weighted by atomic mass is 10.1. The number of hydrogen-bond acceptors (Lipinski definition) is 2. The maximum atomic E-state index is 5.13. The Kier molecular flexibility index (Phi) is 2.86. The van der Waals surface area contributed by atoms with Crippen LogP contribution in [0.25, 0.3) is 0 Å². The second kappa shape index (κ2) is 3.90. The van der Waals surface area contributed by atoms with E-state index in [1.54, 1.807) is 7.11 Å². The number of benzene rings is 1. The Hall–Kier alpha value is -1.31. The van der Waals surface area contributed by atoms with Crippen LogP contribution >= 0.6 is 0 Å². The molecule has 0 radical (unpaired) electrons. The van der Waals surface area contributed by atoms with Gasteiger partial charge in [0, 0.05) is 0 Å². The predicted octanol–water partition coefficient (Wildman–Crippen LogP) is 2.20.